The van der Waals surface area contributed by atoms with Gasteiger partial charge in [-0.1, -0.05) is 19.1 Å². The van der Waals surface area contributed by atoms with Crippen LogP contribution >= 0.6 is 0 Å². The fraction of sp³-hybridized carbons (Fsp3) is 0.235. The van der Waals surface area contributed by atoms with Gasteiger partial charge in [-0.3, -0.25) is 4.72 Å². The maximum Gasteiger partial charge on any atom is 0.416 e. The molecular formula is C17H16F3NO4S. The van der Waals surface area contributed by atoms with Gasteiger partial charge in [0.2, 0.25) is 0 Å². The molecule has 0 saturated carbocycles. The third kappa shape index (κ3) is 4.16. The number of hydrogen-bond acceptors (Lipinski definition) is 4. The molecule has 0 spiro atoms. The Morgan fingerprint density at radius 1 is 1.15 bits per heavy atom. The monoisotopic (exact) mass is 387 g/mol. The lowest BCUT2D eigenvalue weighted by Crippen LogP contribution is -2.18. The number of sulfonamides is 1. The molecule has 0 aliphatic rings. The van der Waals surface area contributed by atoms with E-state index in [-0.39, 0.29) is 23.2 Å². The van der Waals surface area contributed by atoms with Crippen LogP contribution in [0.4, 0.5) is 18.9 Å². The van der Waals surface area contributed by atoms with E-state index in [4.69, 9.17) is 0 Å². The van der Waals surface area contributed by atoms with Crippen molar-refractivity contribution < 1.29 is 31.1 Å². The highest BCUT2D eigenvalue weighted by Gasteiger charge is 2.35. The Balaban J connectivity index is 2.48. The van der Waals surface area contributed by atoms with Crippen LogP contribution in [0.25, 0.3) is 0 Å². The van der Waals surface area contributed by atoms with E-state index >= 15 is 0 Å². The van der Waals surface area contributed by atoms with Crippen LogP contribution in [0.2, 0.25) is 0 Å². The van der Waals surface area contributed by atoms with E-state index in [9.17, 15) is 26.4 Å². The first-order valence-corrected chi connectivity index (χ1v) is 8.98. The summed E-state index contributed by atoms with van der Waals surface area (Å²) in [5, 5.41) is 0. The van der Waals surface area contributed by atoms with Crippen LogP contribution in [0.1, 0.15) is 28.4 Å². The molecule has 0 radical (unpaired) electrons. The molecule has 0 atom stereocenters. The lowest BCUT2D eigenvalue weighted by Gasteiger charge is -2.17. The molecule has 0 aliphatic carbocycles. The third-order valence-electron chi connectivity index (χ3n) is 3.62. The number of methoxy groups -OCH3 is 1. The van der Waals surface area contributed by atoms with Crippen molar-refractivity contribution in [3.8, 4) is 0 Å². The number of anilines is 1. The first kappa shape index (κ1) is 19.8. The van der Waals surface area contributed by atoms with E-state index in [1.165, 1.54) is 38.3 Å². The maximum atomic E-state index is 13.1. The van der Waals surface area contributed by atoms with Crippen molar-refractivity contribution >= 4 is 21.7 Å². The molecule has 2 rings (SSSR count). The van der Waals surface area contributed by atoms with Crippen molar-refractivity contribution in [2.24, 2.45) is 0 Å². The lowest BCUT2D eigenvalue weighted by molar-refractivity contribution is -0.138. The standard InChI is InChI=1S/C17H16F3NO4S/c1-3-13-14(17(18,19)20)8-5-9-15(13)26(23,24)21-12-7-4-6-11(10-12)16(22)25-2/h4-10,21H,3H2,1-2H3. The number of hydrogen-bond donors (Lipinski definition) is 1. The van der Waals surface area contributed by atoms with Crippen molar-refractivity contribution in [1.82, 2.24) is 0 Å². The van der Waals surface area contributed by atoms with Crippen molar-refractivity contribution in [3.63, 3.8) is 0 Å². The molecule has 0 saturated heterocycles. The zero-order valence-electron chi connectivity index (χ0n) is 13.9. The predicted molar refractivity (Wildman–Crippen MR) is 89.4 cm³/mol. The number of carbonyl (C=O) groups is 1. The molecule has 0 bridgehead atoms. The summed E-state index contributed by atoms with van der Waals surface area (Å²) < 4.78 is 71.4. The number of rotatable bonds is 5. The van der Waals surface area contributed by atoms with E-state index in [1.54, 1.807) is 0 Å². The Morgan fingerprint density at radius 3 is 2.38 bits per heavy atom. The average Bonchev–Trinajstić information content (AvgIpc) is 2.59. The number of benzene rings is 2. The topological polar surface area (TPSA) is 72.5 Å². The van der Waals surface area contributed by atoms with Gasteiger partial charge >= 0.3 is 12.1 Å². The summed E-state index contributed by atoms with van der Waals surface area (Å²) in [6, 6.07) is 8.46. The minimum Gasteiger partial charge on any atom is -0.465 e. The van der Waals surface area contributed by atoms with Crippen LogP contribution < -0.4 is 4.72 Å². The molecule has 0 fully saturated rings. The molecule has 0 heterocycles. The van der Waals surface area contributed by atoms with Crippen LogP contribution in [0.5, 0.6) is 0 Å². The number of nitrogens with one attached hydrogen (secondary N) is 1. The van der Waals surface area contributed by atoms with Crippen LogP contribution in [0, 0.1) is 0 Å². The van der Waals surface area contributed by atoms with Gasteiger partial charge in [-0.15, -0.1) is 0 Å². The normalized spacial score (nSPS) is 11.9. The first-order chi connectivity index (χ1) is 12.1. The van der Waals surface area contributed by atoms with Gasteiger partial charge in [0.25, 0.3) is 10.0 Å². The molecule has 2 aromatic carbocycles. The molecule has 0 aliphatic heterocycles. The highest BCUT2D eigenvalue weighted by Crippen LogP contribution is 2.35. The van der Waals surface area contributed by atoms with Crippen LogP contribution in [-0.2, 0) is 27.4 Å². The molecule has 26 heavy (non-hydrogen) atoms. The number of alkyl halides is 3. The highest BCUT2D eigenvalue weighted by atomic mass is 32.2. The minimum absolute atomic E-state index is 0.0346. The van der Waals surface area contributed by atoms with Gasteiger partial charge in [-0.25, -0.2) is 13.2 Å². The minimum atomic E-state index is -4.67. The molecular weight excluding hydrogens is 371 g/mol. The quantitative estimate of drug-likeness (QED) is 0.791. The van der Waals surface area contributed by atoms with Gasteiger partial charge in [0.05, 0.1) is 23.1 Å². The van der Waals surface area contributed by atoms with E-state index in [2.05, 4.69) is 9.46 Å². The largest absolute Gasteiger partial charge is 0.465 e. The fourth-order valence-corrected chi connectivity index (χ4v) is 3.87. The van der Waals surface area contributed by atoms with E-state index < -0.39 is 32.6 Å². The molecule has 0 unspecified atom stereocenters. The summed E-state index contributed by atoms with van der Waals surface area (Å²) >= 11 is 0. The number of halogens is 3. The van der Waals surface area contributed by atoms with Crippen LogP contribution in [0.3, 0.4) is 0 Å². The summed E-state index contributed by atoms with van der Waals surface area (Å²) in [5.74, 6) is -0.667. The Labute approximate surface area is 148 Å². The zero-order valence-corrected chi connectivity index (χ0v) is 14.7. The van der Waals surface area contributed by atoms with Gasteiger partial charge in [0, 0.05) is 5.69 Å². The third-order valence-corrected chi connectivity index (χ3v) is 5.08. The second-order valence-corrected chi connectivity index (χ2v) is 6.96. The molecule has 0 amide bonds. The summed E-state index contributed by atoms with van der Waals surface area (Å²) in [4.78, 5) is 11.1. The smallest absolute Gasteiger partial charge is 0.416 e. The first-order valence-electron chi connectivity index (χ1n) is 7.50. The summed E-state index contributed by atoms with van der Waals surface area (Å²) in [6.07, 6.45) is -4.78. The molecule has 5 nitrogen and oxygen atoms in total. The van der Waals surface area contributed by atoms with Gasteiger partial charge in [-0.2, -0.15) is 13.2 Å². The Bertz CT molecular complexity index is 924. The summed E-state index contributed by atoms with van der Waals surface area (Å²) in [5.41, 5.74) is -1.18. The molecule has 1 N–H and O–H groups in total. The molecule has 0 aromatic heterocycles. The number of esters is 1. The van der Waals surface area contributed by atoms with Crippen molar-refractivity contribution in [2.45, 2.75) is 24.4 Å². The Hall–Kier alpha value is -2.55. The number of ether oxygens (including phenoxy) is 1. The zero-order chi connectivity index (χ0) is 19.5. The average molecular weight is 387 g/mol. The van der Waals surface area contributed by atoms with Crippen molar-refractivity contribution in [1.29, 1.82) is 0 Å². The second kappa shape index (κ2) is 7.36. The molecule has 9 heteroatoms. The predicted octanol–water partition coefficient (Wildman–Crippen LogP) is 3.86. The van der Waals surface area contributed by atoms with Gasteiger partial charge in [0.1, 0.15) is 0 Å². The van der Waals surface area contributed by atoms with Crippen LogP contribution in [0.15, 0.2) is 47.4 Å². The van der Waals surface area contributed by atoms with Crippen molar-refractivity contribution in [3.05, 3.63) is 59.2 Å². The summed E-state index contributed by atoms with van der Waals surface area (Å²) in [6.45, 7) is 1.45. The highest BCUT2D eigenvalue weighted by molar-refractivity contribution is 7.92. The van der Waals surface area contributed by atoms with Gasteiger partial charge in [-0.05, 0) is 42.3 Å². The maximum absolute atomic E-state index is 13.1. The number of carbonyl (C=O) groups excluding carboxylic acids is 1. The van der Waals surface area contributed by atoms with Gasteiger partial charge in [0.15, 0.2) is 0 Å². The second-order valence-electron chi connectivity index (χ2n) is 5.31. The van der Waals surface area contributed by atoms with E-state index in [0.29, 0.717) is 0 Å². The van der Waals surface area contributed by atoms with E-state index in [1.807, 2.05) is 0 Å². The lowest BCUT2D eigenvalue weighted by atomic mass is 10.1. The SMILES string of the molecule is CCc1c(C(F)(F)F)cccc1S(=O)(=O)Nc1cccc(C(=O)OC)c1. The molecule has 2 aromatic rings. The van der Waals surface area contributed by atoms with Gasteiger partial charge < -0.3 is 4.74 Å². The van der Waals surface area contributed by atoms with E-state index in [0.717, 1.165) is 18.2 Å². The van der Waals surface area contributed by atoms with Crippen molar-refractivity contribution in [2.75, 3.05) is 11.8 Å². The summed E-state index contributed by atoms with van der Waals surface area (Å²) in [7, 11) is -3.11. The molecule has 140 valence electrons. The fourth-order valence-electron chi connectivity index (χ4n) is 2.49. The Morgan fingerprint density at radius 2 is 1.81 bits per heavy atom. The Kier molecular flexibility index (Phi) is 5.60. The van der Waals surface area contributed by atoms with Crippen LogP contribution in [-0.4, -0.2) is 21.5 Å².